The van der Waals surface area contributed by atoms with Gasteiger partial charge in [-0.05, 0) is 6.92 Å². The van der Waals surface area contributed by atoms with Crippen LogP contribution in [-0.2, 0) is 14.2 Å². The van der Waals surface area contributed by atoms with Gasteiger partial charge in [-0.25, -0.2) is 0 Å². The zero-order chi connectivity index (χ0) is 7.73. The molecule has 0 amide bonds. The van der Waals surface area contributed by atoms with E-state index in [1.54, 1.807) is 0 Å². The highest BCUT2D eigenvalue weighted by Crippen LogP contribution is 2.32. The van der Waals surface area contributed by atoms with Crippen LogP contribution in [0, 0.1) is 6.92 Å². The highest BCUT2D eigenvalue weighted by atomic mass is 16.7. The molecular weight excluding hydrogens is 144 g/mol. The summed E-state index contributed by atoms with van der Waals surface area (Å²) < 4.78 is 16.1. The van der Waals surface area contributed by atoms with E-state index in [0.29, 0.717) is 19.8 Å². The Bertz CT molecular complexity index is 135. The predicted molar refractivity (Wildman–Crippen MR) is 37.9 cm³/mol. The lowest BCUT2D eigenvalue weighted by molar-refractivity contribution is -0.207. The van der Waals surface area contributed by atoms with Crippen LogP contribution < -0.4 is 0 Å². The summed E-state index contributed by atoms with van der Waals surface area (Å²) in [6.45, 7) is 7.50. The van der Waals surface area contributed by atoms with E-state index in [1.165, 1.54) is 0 Å². The molecule has 2 rings (SSSR count). The Balaban J connectivity index is 1.98. The molecule has 3 heteroatoms. The lowest BCUT2D eigenvalue weighted by Gasteiger charge is -2.31. The van der Waals surface area contributed by atoms with Crippen LogP contribution in [0.3, 0.4) is 0 Å². The van der Waals surface area contributed by atoms with Crippen LogP contribution in [0.4, 0.5) is 0 Å². The van der Waals surface area contributed by atoms with E-state index >= 15 is 0 Å². The number of hydrogen-bond donors (Lipinski definition) is 0. The smallest absolute Gasteiger partial charge is 0.173 e. The molecule has 2 heterocycles. The molecule has 2 fully saturated rings. The molecular formula is C8H12O3. The number of rotatable bonds is 0. The SMILES string of the molecule is [CH]C1COC2(CCOCC2)O1. The molecule has 2 aliphatic rings. The van der Waals surface area contributed by atoms with Crippen molar-refractivity contribution in [1.82, 2.24) is 0 Å². The van der Waals surface area contributed by atoms with Gasteiger partial charge in [-0.3, -0.25) is 0 Å². The fourth-order valence-electron chi connectivity index (χ4n) is 1.52. The van der Waals surface area contributed by atoms with Crippen molar-refractivity contribution in [2.45, 2.75) is 24.7 Å². The first-order valence-corrected chi connectivity index (χ1v) is 3.96. The van der Waals surface area contributed by atoms with E-state index in [1.807, 2.05) is 0 Å². The van der Waals surface area contributed by atoms with Crippen LogP contribution in [0.15, 0.2) is 0 Å². The highest BCUT2D eigenvalue weighted by molar-refractivity contribution is 4.82. The Morgan fingerprint density at radius 3 is 2.55 bits per heavy atom. The van der Waals surface area contributed by atoms with Crippen LogP contribution in [0.1, 0.15) is 12.8 Å². The standard InChI is InChI=1S/C8H12O3/c1-7-6-10-8(11-7)2-4-9-5-3-8/h1,7H,2-6H2. The van der Waals surface area contributed by atoms with Crippen molar-refractivity contribution in [3.63, 3.8) is 0 Å². The van der Waals surface area contributed by atoms with Crippen molar-refractivity contribution in [3.05, 3.63) is 6.92 Å². The van der Waals surface area contributed by atoms with Crippen molar-refractivity contribution in [3.8, 4) is 0 Å². The monoisotopic (exact) mass is 156 g/mol. The van der Waals surface area contributed by atoms with Gasteiger partial charge < -0.3 is 14.2 Å². The third kappa shape index (κ3) is 1.41. The third-order valence-electron chi connectivity index (χ3n) is 2.13. The summed E-state index contributed by atoms with van der Waals surface area (Å²) in [5.74, 6) is -0.405. The lowest BCUT2D eigenvalue weighted by atomic mass is 10.1. The minimum absolute atomic E-state index is 0.243. The highest BCUT2D eigenvalue weighted by Gasteiger charge is 2.41. The summed E-state index contributed by atoms with van der Waals surface area (Å²) in [6, 6.07) is 0. The molecule has 0 aromatic carbocycles. The van der Waals surface area contributed by atoms with Gasteiger partial charge in [0.1, 0.15) is 0 Å². The molecule has 0 saturated carbocycles. The Labute approximate surface area is 66.6 Å². The molecule has 2 radical (unpaired) electrons. The molecule has 3 nitrogen and oxygen atoms in total. The molecule has 0 N–H and O–H groups in total. The second kappa shape index (κ2) is 2.73. The van der Waals surface area contributed by atoms with Crippen LogP contribution in [0.5, 0.6) is 0 Å². The molecule has 1 spiro atoms. The third-order valence-corrected chi connectivity index (χ3v) is 2.13. The van der Waals surface area contributed by atoms with Gasteiger partial charge in [0, 0.05) is 12.8 Å². The Morgan fingerprint density at radius 1 is 1.27 bits per heavy atom. The summed E-state index contributed by atoms with van der Waals surface area (Å²) in [6.07, 6.45) is 1.37. The zero-order valence-corrected chi connectivity index (χ0v) is 6.41. The van der Waals surface area contributed by atoms with Gasteiger partial charge in [0.2, 0.25) is 0 Å². The van der Waals surface area contributed by atoms with Crippen LogP contribution in [0.25, 0.3) is 0 Å². The minimum atomic E-state index is -0.405. The quantitative estimate of drug-likeness (QED) is 0.514. The van der Waals surface area contributed by atoms with E-state index in [2.05, 4.69) is 0 Å². The van der Waals surface area contributed by atoms with Gasteiger partial charge in [-0.15, -0.1) is 0 Å². The largest absolute Gasteiger partial charge is 0.381 e. The van der Waals surface area contributed by atoms with Crippen LogP contribution >= 0.6 is 0 Å². The van der Waals surface area contributed by atoms with Crippen molar-refractivity contribution >= 4 is 0 Å². The fraction of sp³-hybridized carbons (Fsp3) is 0.875. The van der Waals surface area contributed by atoms with Gasteiger partial charge >= 0.3 is 0 Å². The number of ether oxygens (including phenoxy) is 3. The van der Waals surface area contributed by atoms with E-state index in [4.69, 9.17) is 21.1 Å². The van der Waals surface area contributed by atoms with Crippen molar-refractivity contribution < 1.29 is 14.2 Å². The maximum absolute atomic E-state index is 5.55. The molecule has 0 aromatic rings. The number of hydrogen-bond acceptors (Lipinski definition) is 3. The van der Waals surface area contributed by atoms with Gasteiger partial charge in [-0.2, -0.15) is 0 Å². The first-order valence-electron chi connectivity index (χ1n) is 3.96. The average Bonchev–Trinajstić information content (AvgIpc) is 2.34. The molecule has 2 saturated heterocycles. The molecule has 1 unspecified atom stereocenters. The Morgan fingerprint density at radius 2 is 2.00 bits per heavy atom. The molecule has 11 heavy (non-hydrogen) atoms. The normalized spacial score (nSPS) is 36.3. The van der Waals surface area contributed by atoms with E-state index in [-0.39, 0.29) is 6.10 Å². The van der Waals surface area contributed by atoms with Crippen molar-refractivity contribution in [1.29, 1.82) is 0 Å². The van der Waals surface area contributed by atoms with E-state index in [9.17, 15) is 0 Å². The van der Waals surface area contributed by atoms with Gasteiger partial charge in [0.15, 0.2) is 5.79 Å². The fourth-order valence-corrected chi connectivity index (χ4v) is 1.52. The summed E-state index contributed by atoms with van der Waals surface area (Å²) in [7, 11) is 0. The maximum Gasteiger partial charge on any atom is 0.173 e. The van der Waals surface area contributed by atoms with Gasteiger partial charge in [0.05, 0.1) is 25.9 Å². The van der Waals surface area contributed by atoms with E-state index in [0.717, 1.165) is 12.8 Å². The van der Waals surface area contributed by atoms with Gasteiger partial charge in [-0.1, -0.05) is 0 Å². The molecule has 1 atom stereocenters. The molecule has 0 aliphatic carbocycles. The second-order valence-corrected chi connectivity index (χ2v) is 2.99. The maximum atomic E-state index is 5.55. The Kier molecular flexibility index (Phi) is 1.87. The molecule has 0 bridgehead atoms. The van der Waals surface area contributed by atoms with Gasteiger partial charge in [0.25, 0.3) is 0 Å². The van der Waals surface area contributed by atoms with Crippen molar-refractivity contribution in [2.24, 2.45) is 0 Å². The van der Waals surface area contributed by atoms with Crippen LogP contribution in [-0.4, -0.2) is 31.7 Å². The lowest BCUT2D eigenvalue weighted by Crippen LogP contribution is -2.37. The van der Waals surface area contributed by atoms with Crippen LogP contribution in [0.2, 0.25) is 0 Å². The Hall–Kier alpha value is -0.120. The zero-order valence-electron chi connectivity index (χ0n) is 6.41. The minimum Gasteiger partial charge on any atom is -0.381 e. The molecule has 2 aliphatic heterocycles. The first kappa shape index (κ1) is 7.53. The summed E-state index contributed by atoms with van der Waals surface area (Å²) in [5.41, 5.74) is 0. The van der Waals surface area contributed by atoms with E-state index < -0.39 is 5.79 Å². The summed E-state index contributed by atoms with van der Waals surface area (Å²) in [4.78, 5) is 0. The molecule has 0 aromatic heterocycles. The molecule has 62 valence electrons. The topological polar surface area (TPSA) is 27.7 Å². The first-order chi connectivity index (χ1) is 5.31. The second-order valence-electron chi connectivity index (χ2n) is 2.99. The predicted octanol–water partition coefficient (Wildman–Crippen LogP) is 0.620. The summed E-state index contributed by atoms with van der Waals surface area (Å²) in [5, 5.41) is 0. The summed E-state index contributed by atoms with van der Waals surface area (Å²) >= 11 is 0. The average molecular weight is 156 g/mol. The van der Waals surface area contributed by atoms with Crippen molar-refractivity contribution in [2.75, 3.05) is 19.8 Å².